The summed E-state index contributed by atoms with van der Waals surface area (Å²) < 4.78 is 0. The summed E-state index contributed by atoms with van der Waals surface area (Å²) in [6, 6.07) is 8.19. The lowest BCUT2D eigenvalue weighted by molar-refractivity contribution is 0.191. The summed E-state index contributed by atoms with van der Waals surface area (Å²) >= 11 is 0. The Labute approximate surface area is 166 Å². The number of rotatable bonds is 3. The number of anilines is 2. The number of nitrogens with zero attached hydrogens (tertiary/aromatic N) is 4. The molecule has 0 radical (unpaired) electrons. The number of hydrogen-bond acceptors (Lipinski definition) is 4. The van der Waals surface area contributed by atoms with E-state index in [1.807, 2.05) is 24.0 Å². The van der Waals surface area contributed by atoms with Gasteiger partial charge in [0, 0.05) is 43.5 Å². The lowest BCUT2D eigenvalue weighted by atomic mass is 9.97. The molecule has 2 aliphatic heterocycles. The van der Waals surface area contributed by atoms with Crippen molar-refractivity contribution in [2.75, 3.05) is 36.4 Å². The molecule has 0 unspecified atom stereocenters. The highest BCUT2D eigenvalue weighted by molar-refractivity contribution is 5.89. The zero-order chi connectivity index (χ0) is 19.5. The van der Waals surface area contributed by atoms with Gasteiger partial charge in [-0.05, 0) is 62.8 Å². The van der Waals surface area contributed by atoms with Crippen molar-refractivity contribution >= 4 is 17.4 Å². The van der Waals surface area contributed by atoms with Crippen LogP contribution in [0.15, 0.2) is 24.3 Å². The first-order chi connectivity index (χ1) is 13.6. The summed E-state index contributed by atoms with van der Waals surface area (Å²) in [5, 5.41) is 10.2. The fourth-order valence-electron chi connectivity index (χ4n) is 4.14. The number of amides is 2. The van der Waals surface area contributed by atoms with Gasteiger partial charge in [0.05, 0.1) is 0 Å². The molecule has 2 saturated heterocycles. The molecule has 0 spiro atoms. The Morgan fingerprint density at radius 2 is 1.89 bits per heavy atom. The molecule has 150 valence electrons. The van der Waals surface area contributed by atoms with Crippen LogP contribution in [0.2, 0.25) is 0 Å². The maximum Gasteiger partial charge on any atom is 0.321 e. The Kier molecular flexibility index (Phi) is 5.50. The van der Waals surface area contributed by atoms with Crippen LogP contribution in [0.3, 0.4) is 0 Å². The molecule has 0 aliphatic carbocycles. The average Bonchev–Trinajstić information content (AvgIpc) is 3.16. The molecule has 3 heterocycles. The van der Waals surface area contributed by atoms with Crippen molar-refractivity contribution in [2.45, 2.75) is 45.4 Å². The molecule has 1 atom stereocenters. The van der Waals surface area contributed by atoms with E-state index in [0.717, 1.165) is 55.7 Å². The Bertz CT molecular complexity index is 793. The second kappa shape index (κ2) is 8.20. The van der Waals surface area contributed by atoms with Gasteiger partial charge in [-0.2, -0.15) is 5.10 Å². The van der Waals surface area contributed by atoms with E-state index in [1.54, 1.807) is 0 Å². The van der Waals surface area contributed by atoms with Gasteiger partial charge in [-0.1, -0.05) is 6.92 Å². The van der Waals surface area contributed by atoms with E-state index in [-0.39, 0.29) is 11.9 Å². The third-order valence-electron chi connectivity index (χ3n) is 5.96. The van der Waals surface area contributed by atoms with Gasteiger partial charge < -0.3 is 15.1 Å². The quantitative estimate of drug-likeness (QED) is 0.847. The first-order valence-electron chi connectivity index (χ1n) is 10.4. The maximum absolute atomic E-state index is 12.7. The van der Waals surface area contributed by atoms with Gasteiger partial charge in [-0.25, -0.2) is 9.78 Å². The van der Waals surface area contributed by atoms with E-state index in [4.69, 9.17) is 0 Å². The monoisotopic (exact) mass is 382 g/mol. The molecule has 2 aliphatic rings. The van der Waals surface area contributed by atoms with Crippen LogP contribution >= 0.6 is 0 Å². The predicted octanol–water partition coefficient (Wildman–Crippen LogP) is 3.76. The second-order valence-corrected chi connectivity index (χ2v) is 8.21. The molecule has 28 heavy (non-hydrogen) atoms. The zero-order valence-electron chi connectivity index (χ0n) is 16.8. The first-order valence-corrected chi connectivity index (χ1v) is 10.4. The molecule has 1 aromatic carbocycles. The average molecular weight is 383 g/mol. The third-order valence-corrected chi connectivity index (χ3v) is 5.96. The van der Waals surface area contributed by atoms with Gasteiger partial charge >= 0.3 is 6.03 Å². The number of aromatic amines is 1. The van der Waals surface area contributed by atoms with E-state index >= 15 is 0 Å². The largest absolute Gasteiger partial charge is 0.372 e. The van der Waals surface area contributed by atoms with E-state index in [2.05, 4.69) is 44.5 Å². The molecule has 2 aromatic rings. The first kappa shape index (κ1) is 18.8. The summed E-state index contributed by atoms with van der Waals surface area (Å²) in [7, 11) is 0. The number of piperidine rings is 2. The summed E-state index contributed by atoms with van der Waals surface area (Å²) in [4.78, 5) is 21.5. The molecule has 0 saturated carbocycles. The van der Waals surface area contributed by atoms with Crippen LogP contribution in [0.4, 0.5) is 16.2 Å². The number of benzene rings is 1. The van der Waals surface area contributed by atoms with Crippen LogP contribution < -0.4 is 10.2 Å². The van der Waals surface area contributed by atoms with Gasteiger partial charge in [-0.3, -0.25) is 5.10 Å². The van der Waals surface area contributed by atoms with Crippen LogP contribution in [0, 0.1) is 12.8 Å². The Balaban J connectivity index is 1.34. The minimum Gasteiger partial charge on any atom is -0.372 e. The summed E-state index contributed by atoms with van der Waals surface area (Å²) in [6.07, 6.45) is 4.49. The Hall–Kier alpha value is -2.57. The van der Waals surface area contributed by atoms with Gasteiger partial charge in [0.2, 0.25) is 0 Å². The van der Waals surface area contributed by atoms with Crippen LogP contribution in [-0.4, -0.2) is 52.3 Å². The molecule has 1 aromatic heterocycles. The van der Waals surface area contributed by atoms with Crippen LogP contribution in [0.5, 0.6) is 0 Å². The van der Waals surface area contributed by atoms with Crippen LogP contribution in [0.1, 0.15) is 50.2 Å². The number of aryl methyl sites for hydroxylation is 1. The molecule has 4 rings (SSSR count). The van der Waals surface area contributed by atoms with Gasteiger partial charge in [0.15, 0.2) is 5.82 Å². The Morgan fingerprint density at radius 3 is 2.57 bits per heavy atom. The zero-order valence-corrected chi connectivity index (χ0v) is 16.8. The number of urea groups is 1. The SMILES string of the molecule is Cc1nc([C@@H]2CCCN(C(=O)Nc3ccc(N4CCC(C)CC4)cc3)C2)n[nH]1. The molecule has 2 amide bonds. The van der Waals surface area contributed by atoms with Crippen molar-refractivity contribution in [1.29, 1.82) is 0 Å². The van der Waals surface area contributed by atoms with E-state index in [9.17, 15) is 4.79 Å². The fourth-order valence-corrected chi connectivity index (χ4v) is 4.14. The summed E-state index contributed by atoms with van der Waals surface area (Å²) in [6.45, 7) is 7.89. The maximum atomic E-state index is 12.7. The van der Waals surface area contributed by atoms with Crippen molar-refractivity contribution in [1.82, 2.24) is 20.1 Å². The highest BCUT2D eigenvalue weighted by atomic mass is 16.2. The lowest BCUT2D eigenvalue weighted by Gasteiger charge is -2.32. The second-order valence-electron chi connectivity index (χ2n) is 8.21. The predicted molar refractivity (Wildman–Crippen MR) is 111 cm³/mol. The number of carbonyl (C=O) groups excluding carboxylic acids is 1. The van der Waals surface area contributed by atoms with Crippen molar-refractivity contribution in [3.05, 3.63) is 35.9 Å². The molecular weight excluding hydrogens is 352 g/mol. The highest BCUT2D eigenvalue weighted by Crippen LogP contribution is 2.26. The van der Waals surface area contributed by atoms with Crippen molar-refractivity contribution < 1.29 is 4.79 Å². The number of H-pyrrole nitrogens is 1. The molecule has 0 bridgehead atoms. The Morgan fingerprint density at radius 1 is 1.14 bits per heavy atom. The minimum atomic E-state index is -0.0449. The number of aromatic nitrogens is 3. The van der Waals surface area contributed by atoms with Gasteiger partial charge in [0.25, 0.3) is 0 Å². The molecule has 2 fully saturated rings. The lowest BCUT2D eigenvalue weighted by Crippen LogP contribution is -2.41. The fraction of sp³-hybridized carbons (Fsp3) is 0.571. The van der Waals surface area contributed by atoms with Gasteiger partial charge in [-0.15, -0.1) is 0 Å². The third kappa shape index (κ3) is 4.29. The highest BCUT2D eigenvalue weighted by Gasteiger charge is 2.27. The van der Waals surface area contributed by atoms with Gasteiger partial charge in [0.1, 0.15) is 5.82 Å². The number of carbonyl (C=O) groups is 1. The number of hydrogen-bond donors (Lipinski definition) is 2. The van der Waals surface area contributed by atoms with Crippen LogP contribution in [0.25, 0.3) is 0 Å². The van der Waals surface area contributed by atoms with E-state index in [1.165, 1.54) is 18.5 Å². The molecule has 7 nitrogen and oxygen atoms in total. The normalized spacial score (nSPS) is 21.0. The van der Waals surface area contributed by atoms with Crippen molar-refractivity contribution in [3.8, 4) is 0 Å². The standard InChI is InChI=1S/C21H30N6O/c1-15-9-12-26(13-10-15)19-7-5-18(6-8-19)23-21(28)27-11-3-4-17(14-27)20-22-16(2)24-25-20/h5-8,15,17H,3-4,9-14H2,1-2H3,(H,23,28)(H,22,24,25)/t17-/m1/s1. The summed E-state index contributed by atoms with van der Waals surface area (Å²) in [5.41, 5.74) is 2.08. The molecule has 2 N–H and O–H groups in total. The van der Waals surface area contributed by atoms with Crippen LogP contribution in [-0.2, 0) is 0 Å². The minimum absolute atomic E-state index is 0.0449. The topological polar surface area (TPSA) is 77.2 Å². The number of likely N-dealkylation sites (tertiary alicyclic amines) is 1. The number of nitrogens with one attached hydrogen (secondary N) is 2. The molecule has 7 heteroatoms. The smallest absolute Gasteiger partial charge is 0.321 e. The van der Waals surface area contributed by atoms with E-state index in [0.29, 0.717) is 6.54 Å². The summed E-state index contributed by atoms with van der Waals surface area (Å²) in [5.74, 6) is 2.66. The molecular formula is C21H30N6O. The van der Waals surface area contributed by atoms with E-state index < -0.39 is 0 Å². The van der Waals surface area contributed by atoms with Crippen molar-refractivity contribution in [3.63, 3.8) is 0 Å². The van der Waals surface area contributed by atoms with Crippen molar-refractivity contribution in [2.24, 2.45) is 5.92 Å².